The van der Waals surface area contributed by atoms with Gasteiger partial charge in [0.2, 0.25) is 0 Å². The van der Waals surface area contributed by atoms with E-state index < -0.39 is 0 Å². The average Bonchev–Trinajstić information content (AvgIpc) is 2.74. The second-order valence-electron chi connectivity index (χ2n) is 3.59. The highest BCUT2D eigenvalue weighted by Gasteiger charge is 2.07. The largest absolute Gasteiger partial charge is 0.244 e. The fourth-order valence-electron chi connectivity index (χ4n) is 1.62. The summed E-state index contributed by atoms with van der Waals surface area (Å²) in [6.45, 7) is 0. The Hall–Kier alpha value is -1.33. The minimum atomic E-state index is 0.765. The van der Waals surface area contributed by atoms with Crippen LogP contribution < -0.4 is 0 Å². The molecule has 1 aromatic carbocycles. The van der Waals surface area contributed by atoms with Gasteiger partial charge in [-0.15, -0.1) is 11.3 Å². The molecule has 2 aromatic heterocycles. The third kappa shape index (κ3) is 2.21. The zero-order valence-corrected chi connectivity index (χ0v) is 11.2. The van der Waals surface area contributed by atoms with Crippen LogP contribution in [0.3, 0.4) is 0 Å². The van der Waals surface area contributed by atoms with Gasteiger partial charge in [0, 0.05) is 18.2 Å². The highest BCUT2D eigenvalue weighted by atomic mass is 79.9. The van der Waals surface area contributed by atoms with E-state index in [1.165, 1.54) is 11.0 Å². The lowest BCUT2D eigenvalue weighted by Gasteiger charge is -1.98. The molecule has 17 heavy (non-hydrogen) atoms. The van der Waals surface area contributed by atoms with Crippen molar-refractivity contribution in [2.24, 2.45) is 0 Å². The van der Waals surface area contributed by atoms with Gasteiger partial charge in [-0.25, -0.2) is 15.0 Å². The molecule has 0 bridgehead atoms. The molecule has 84 valence electrons. The van der Waals surface area contributed by atoms with Crippen molar-refractivity contribution >= 4 is 37.5 Å². The Kier molecular flexibility index (Phi) is 2.86. The van der Waals surface area contributed by atoms with Gasteiger partial charge in [-0.2, -0.15) is 0 Å². The molecule has 2 heterocycles. The van der Waals surface area contributed by atoms with Crippen LogP contribution in [0.25, 0.3) is 10.2 Å². The number of hydrogen-bond donors (Lipinski definition) is 0. The van der Waals surface area contributed by atoms with Crippen molar-refractivity contribution in [2.45, 2.75) is 6.42 Å². The molecule has 0 spiro atoms. The maximum atomic E-state index is 4.59. The molecule has 0 aliphatic carbocycles. The molecular formula is C12H8BrN3S. The standard InChI is InChI=1S/C12H8BrN3S/c13-12-8(6-14-7-15-12)5-11-16-9-3-1-2-4-10(9)17-11/h1-4,6-7H,5H2. The molecule has 0 fully saturated rings. The third-order valence-corrected chi connectivity index (χ3v) is 4.16. The zero-order chi connectivity index (χ0) is 11.7. The molecule has 3 nitrogen and oxygen atoms in total. The van der Waals surface area contributed by atoms with Crippen LogP contribution in [-0.2, 0) is 6.42 Å². The molecule has 5 heteroatoms. The van der Waals surface area contributed by atoms with Crippen molar-refractivity contribution in [3.63, 3.8) is 0 Å². The van der Waals surface area contributed by atoms with Crippen molar-refractivity contribution in [3.05, 3.63) is 52.0 Å². The number of aromatic nitrogens is 3. The van der Waals surface area contributed by atoms with E-state index in [0.717, 1.165) is 27.1 Å². The third-order valence-electron chi connectivity index (χ3n) is 2.41. The second kappa shape index (κ2) is 4.50. The minimum Gasteiger partial charge on any atom is -0.244 e. The van der Waals surface area contributed by atoms with Crippen LogP contribution in [0.2, 0.25) is 0 Å². The summed E-state index contributed by atoms with van der Waals surface area (Å²) in [5.74, 6) is 0. The van der Waals surface area contributed by atoms with Crippen LogP contribution in [0.5, 0.6) is 0 Å². The number of fused-ring (bicyclic) bond motifs is 1. The number of benzene rings is 1. The fourth-order valence-corrected chi connectivity index (χ4v) is 2.95. The lowest BCUT2D eigenvalue weighted by Crippen LogP contribution is -1.92. The Morgan fingerprint density at radius 1 is 1.24 bits per heavy atom. The first-order chi connectivity index (χ1) is 8.33. The van der Waals surface area contributed by atoms with Crippen molar-refractivity contribution in [3.8, 4) is 0 Å². The van der Waals surface area contributed by atoms with E-state index in [-0.39, 0.29) is 0 Å². The molecule has 3 rings (SSSR count). The van der Waals surface area contributed by atoms with Crippen molar-refractivity contribution < 1.29 is 0 Å². The van der Waals surface area contributed by atoms with Gasteiger partial charge in [-0.05, 0) is 28.1 Å². The Labute approximate surface area is 111 Å². The summed E-state index contributed by atoms with van der Waals surface area (Å²) in [6, 6.07) is 8.16. The van der Waals surface area contributed by atoms with Gasteiger partial charge in [-0.3, -0.25) is 0 Å². The highest BCUT2D eigenvalue weighted by molar-refractivity contribution is 9.10. The predicted molar refractivity (Wildman–Crippen MR) is 72.2 cm³/mol. The van der Waals surface area contributed by atoms with Gasteiger partial charge in [0.05, 0.1) is 15.2 Å². The Morgan fingerprint density at radius 3 is 2.94 bits per heavy atom. The quantitative estimate of drug-likeness (QED) is 0.681. The van der Waals surface area contributed by atoms with Crippen molar-refractivity contribution in [1.82, 2.24) is 15.0 Å². The summed E-state index contributed by atoms with van der Waals surface area (Å²) in [5, 5.41) is 1.08. The number of thiazole rings is 1. The molecule has 3 aromatic rings. The highest BCUT2D eigenvalue weighted by Crippen LogP contribution is 2.24. The van der Waals surface area contributed by atoms with E-state index in [1.54, 1.807) is 11.3 Å². The lowest BCUT2D eigenvalue weighted by molar-refractivity contribution is 1.03. The van der Waals surface area contributed by atoms with Gasteiger partial charge in [0.25, 0.3) is 0 Å². The van der Waals surface area contributed by atoms with E-state index in [0.29, 0.717) is 0 Å². The molecule has 0 atom stereocenters. The predicted octanol–water partition coefficient (Wildman–Crippen LogP) is 3.44. The number of hydrogen-bond acceptors (Lipinski definition) is 4. The van der Waals surface area contributed by atoms with Crippen molar-refractivity contribution in [1.29, 1.82) is 0 Å². The first-order valence-electron chi connectivity index (χ1n) is 5.12. The molecule has 0 N–H and O–H groups in total. The molecule has 0 aliphatic heterocycles. The van der Waals surface area contributed by atoms with E-state index >= 15 is 0 Å². The SMILES string of the molecule is Brc1ncncc1Cc1nc2ccccc2s1. The summed E-state index contributed by atoms with van der Waals surface area (Å²) in [6.07, 6.45) is 4.12. The van der Waals surface area contributed by atoms with Gasteiger partial charge in [0.1, 0.15) is 10.9 Å². The molecule has 0 saturated heterocycles. The smallest absolute Gasteiger partial charge is 0.116 e. The molecule has 0 radical (unpaired) electrons. The number of rotatable bonds is 2. The van der Waals surface area contributed by atoms with Crippen molar-refractivity contribution in [2.75, 3.05) is 0 Å². The first-order valence-corrected chi connectivity index (χ1v) is 6.73. The maximum absolute atomic E-state index is 4.59. The molecule has 0 saturated carbocycles. The molecule has 0 amide bonds. The lowest BCUT2D eigenvalue weighted by atomic mass is 10.2. The molecule has 0 unspecified atom stereocenters. The summed E-state index contributed by atoms with van der Waals surface area (Å²) in [7, 11) is 0. The topological polar surface area (TPSA) is 38.7 Å². The summed E-state index contributed by atoms with van der Waals surface area (Å²) >= 11 is 5.14. The number of nitrogens with zero attached hydrogens (tertiary/aromatic N) is 3. The Bertz CT molecular complexity index is 632. The van der Waals surface area contributed by atoms with E-state index in [9.17, 15) is 0 Å². The monoisotopic (exact) mass is 305 g/mol. The van der Waals surface area contributed by atoms with Gasteiger partial charge >= 0.3 is 0 Å². The van der Waals surface area contributed by atoms with E-state index in [2.05, 4.69) is 36.9 Å². The van der Waals surface area contributed by atoms with Crippen LogP contribution in [0, 0.1) is 0 Å². The summed E-state index contributed by atoms with van der Waals surface area (Å²) < 4.78 is 2.06. The fraction of sp³-hybridized carbons (Fsp3) is 0.0833. The van der Waals surface area contributed by atoms with E-state index in [4.69, 9.17) is 0 Å². The van der Waals surface area contributed by atoms with Crippen LogP contribution in [0.15, 0.2) is 41.4 Å². The first kappa shape index (κ1) is 10.8. The molecular weight excluding hydrogens is 298 g/mol. The van der Waals surface area contributed by atoms with Crippen LogP contribution in [0.4, 0.5) is 0 Å². The van der Waals surface area contributed by atoms with E-state index in [1.807, 2.05) is 24.4 Å². The number of para-hydroxylation sites is 1. The Balaban J connectivity index is 1.98. The minimum absolute atomic E-state index is 0.765. The second-order valence-corrected chi connectivity index (χ2v) is 5.46. The summed E-state index contributed by atoms with van der Waals surface area (Å²) in [5.41, 5.74) is 2.12. The Morgan fingerprint density at radius 2 is 2.12 bits per heavy atom. The molecule has 0 aliphatic rings. The van der Waals surface area contributed by atoms with Gasteiger partial charge in [0.15, 0.2) is 0 Å². The van der Waals surface area contributed by atoms with Gasteiger partial charge in [-0.1, -0.05) is 12.1 Å². The number of halogens is 1. The van der Waals surface area contributed by atoms with Crippen LogP contribution in [-0.4, -0.2) is 15.0 Å². The summed E-state index contributed by atoms with van der Waals surface area (Å²) in [4.78, 5) is 12.7. The van der Waals surface area contributed by atoms with Crippen LogP contribution in [0.1, 0.15) is 10.6 Å². The average molecular weight is 306 g/mol. The maximum Gasteiger partial charge on any atom is 0.116 e. The zero-order valence-electron chi connectivity index (χ0n) is 8.80. The van der Waals surface area contributed by atoms with Crippen LogP contribution >= 0.6 is 27.3 Å². The van der Waals surface area contributed by atoms with Gasteiger partial charge < -0.3 is 0 Å². The normalized spacial score (nSPS) is 10.9.